The number of aryl methyl sites for hydroxylation is 1. The summed E-state index contributed by atoms with van der Waals surface area (Å²) in [5.74, 6) is -0.0524. The van der Waals surface area contributed by atoms with E-state index in [-0.39, 0.29) is 29.0 Å². The van der Waals surface area contributed by atoms with Gasteiger partial charge in [0, 0.05) is 19.9 Å². The van der Waals surface area contributed by atoms with E-state index in [9.17, 15) is 19.3 Å². The first kappa shape index (κ1) is 18.3. The first-order chi connectivity index (χ1) is 12.3. The zero-order valence-corrected chi connectivity index (χ0v) is 15.2. The first-order valence-corrected chi connectivity index (χ1v) is 8.63. The molecule has 0 radical (unpaired) electrons. The number of nitro groups is 1. The molecule has 26 heavy (non-hydrogen) atoms. The van der Waals surface area contributed by atoms with Crippen molar-refractivity contribution in [2.24, 2.45) is 0 Å². The summed E-state index contributed by atoms with van der Waals surface area (Å²) in [5.41, 5.74) is 1.87. The van der Waals surface area contributed by atoms with Gasteiger partial charge in [-0.2, -0.15) is 0 Å². The molecule has 0 spiro atoms. The summed E-state index contributed by atoms with van der Waals surface area (Å²) in [5, 5.41) is 11.2. The first-order valence-electron chi connectivity index (χ1n) is 8.25. The van der Waals surface area contributed by atoms with Gasteiger partial charge in [-0.15, -0.1) is 0 Å². The molecule has 0 fully saturated rings. The molecule has 0 bridgehead atoms. The van der Waals surface area contributed by atoms with Crippen molar-refractivity contribution in [2.45, 2.75) is 39.7 Å². The van der Waals surface area contributed by atoms with E-state index in [1.807, 2.05) is 0 Å². The van der Waals surface area contributed by atoms with Gasteiger partial charge in [0.05, 0.1) is 17.3 Å². The van der Waals surface area contributed by atoms with Crippen LogP contribution in [0.15, 0.2) is 12.3 Å². The van der Waals surface area contributed by atoms with Gasteiger partial charge in [-0.1, -0.05) is 11.6 Å². The smallest absolute Gasteiger partial charge is 0.342 e. The second kappa shape index (κ2) is 7.03. The lowest BCUT2D eigenvalue weighted by Crippen LogP contribution is -2.29. The summed E-state index contributed by atoms with van der Waals surface area (Å²) in [4.78, 5) is 28.6. The molecular weight excluding hydrogens is 363 g/mol. The Morgan fingerprint density at radius 2 is 2.19 bits per heavy atom. The molecule has 0 atom stereocenters. The van der Waals surface area contributed by atoms with E-state index in [1.165, 1.54) is 16.8 Å². The molecule has 1 aliphatic heterocycles. The number of halogens is 2. The zero-order valence-electron chi connectivity index (χ0n) is 14.5. The molecular formula is C17H18ClFN4O3. The van der Waals surface area contributed by atoms with Gasteiger partial charge in [0.15, 0.2) is 5.82 Å². The molecule has 2 aromatic rings. The quantitative estimate of drug-likeness (QED) is 0.586. The highest BCUT2D eigenvalue weighted by molar-refractivity contribution is 6.34. The van der Waals surface area contributed by atoms with Crippen LogP contribution in [0, 0.1) is 29.8 Å². The molecule has 1 aromatic carbocycles. The summed E-state index contributed by atoms with van der Waals surface area (Å²) in [7, 11) is 0. The van der Waals surface area contributed by atoms with E-state index >= 15 is 0 Å². The average Bonchev–Trinajstić information content (AvgIpc) is 3.17. The number of aromatic nitrogens is 2. The summed E-state index contributed by atoms with van der Waals surface area (Å²) >= 11 is 6.16. The number of anilines is 1. The van der Waals surface area contributed by atoms with Crippen molar-refractivity contribution in [3.05, 3.63) is 50.2 Å². The second-order valence-electron chi connectivity index (χ2n) is 6.26. The van der Waals surface area contributed by atoms with Crippen LogP contribution in [0.1, 0.15) is 29.8 Å². The second-order valence-corrected chi connectivity index (χ2v) is 6.67. The monoisotopic (exact) mass is 380 g/mol. The Morgan fingerprint density at radius 1 is 1.46 bits per heavy atom. The predicted octanol–water partition coefficient (Wildman–Crippen LogP) is 3.57. The fourth-order valence-corrected chi connectivity index (χ4v) is 3.65. The Bertz CT molecular complexity index is 897. The van der Waals surface area contributed by atoms with Crippen LogP contribution in [0.3, 0.4) is 0 Å². The number of fused-ring (bicyclic) bond motifs is 1. The third-order valence-electron chi connectivity index (χ3n) is 4.73. The lowest BCUT2D eigenvalue weighted by Gasteiger charge is -2.19. The van der Waals surface area contributed by atoms with E-state index in [0.717, 1.165) is 5.56 Å². The van der Waals surface area contributed by atoms with Crippen LogP contribution in [-0.4, -0.2) is 26.9 Å². The zero-order chi connectivity index (χ0) is 19.0. The lowest BCUT2D eigenvalue weighted by molar-refractivity contribution is -0.392. The topological polar surface area (TPSA) is 81.3 Å². The number of hydrogen-bond acceptors (Lipinski definition) is 4. The van der Waals surface area contributed by atoms with E-state index in [0.29, 0.717) is 43.0 Å². The van der Waals surface area contributed by atoms with Crippen LogP contribution in [0.4, 0.5) is 15.9 Å². The minimum absolute atomic E-state index is 0.0874. The van der Waals surface area contributed by atoms with Crippen molar-refractivity contribution >= 4 is 29.0 Å². The minimum atomic E-state index is -0.490. The average molecular weight is 381 g/mol. The van der Waals surface area contributed by atoms with E-state index in [1.54, 1.807) is 18.7 Å². The highest BCUT2D eigenvalue weighted by atomic mass is 35.5. The summed E-state index contributed by atoms with van der Waals surface area (Å²) < 4.78 is 15.3. The molecule has 3 rings (SSSR count). The van der Waals surface area contributed by atoms with Crippen molar-refractivity contribution < 1.29 is 14.1 Å². The van der Waals surface area contributed by atoms with Gasteiger partial charge in [-0.05, 0) is 41.9 Å². The Morgan fingerprint density at radius 3 is 2.88 bits per heavy atom. The van der Waals surface area contributed by atoms with Crippen molar-refractivity contribution in [1.29, 1.82) is 0 Å². The SMILES string of the molecule is Cc1c(F)cc(Cl)c2c1CCN2C(=O)CCCn1c([N+](=O)[O-])cnc1C. The van der Waals surface area contributed by atoms with E-state index in [2.05, 4.69) is 4.98 Å². The maximum atomic E-state index is 13.8. The molecule has 0 N–H and O–H groups in total. The molecule has 0 unspecified atom stereocenters. The number of nitrogens with zero attached hydrogens (tertiary/aromatic N) is 4. The van der Waals surface area contributed by atoms with Crippen LogP contribution in [0.5, 0.6) is 0 Å². The Hall–Kier alpha value is -2.48. The number of carbonyl (C=O) groups is 1. The van der Waals surface area contributed by atoms with Crippen LogP contribution < -0.4 is 4.90 Å². The molecule has 0 saturated carbocycles. The third-order valence-corrected chi connectivity index (χ3v) is 5.01. The number of imidazole rings is 1. The van der Waals surface area contributed by atoms with Crippen molar-refractivity contribution in [3.63, 3.8) is 0 Å². The third kappa shape index (κ3) is 3.16. The molecule has 2 heterocycles. The fourth-order valence-electron chi connectivity index (χ4n) is 3.34. The van der Waals surface area contributed by atoms with Gasteiger partial charge in [-0.25, -0.2) is 13.9 Å². The van der Waals surface area contributed by atoms with Crippen molar-refractivity contribution in [2.75, 3.05) is 11.4 Å². The van der Waals surface area contributed by atoms with Gasteiger partial charge in [0.25, 0.3) is 0 Å². The van der Waals surface area contributed by atoms with Crippen LogP contribution in [-0.2, 0) is 17.8 Å². The van der Waals surface area contributed by atoms with Crippen LogP contribution >= 0.6 is 11.6 Å². The molecule has 7 nitrogen and oxygen atoms in total. The molecule has 1 amide bonds. The number of amides is 1. The molecule has 1 aromatic heterocycles. The molecule has 0 aliphatic carbocycles. The van der Waals surface area contributed by atoms with E-state index in [4.69, 9.17) is 11.6 Å². The highest BCUT2D eigenvalue weighted by Gasteiger charge is 2.29. The summed E-state index contributed by atoms with van der Waals surface area (Å²) in [6.07, 6.45) is 2.42. The van der Waals surface area contributed by atoms with Crippen molar-refractivity contribution in [3.8, 4) is 0 Å². The molecule has 0 saturated heterocycles. The van der Waals surface area contributed by atoms with Gasteiger partial charge >= 0.3 is 5.82 Å². The minimum Gasteiger partial charge on any atom is -0.358 e. The maximum absolute atomic E-state index is 13.8. The van der Waals surface area contributed by atoms with Gasteiger partial charge in [0.2, 0.25) is 5.91 Å². The Balaban J connectivity index is 1.70. The molecule has 9 heteroatoms. The number of rotatable bonds is 5. The van der Waals surface area contributed by atoms with Gasteiger partial charge in [0.1, 0.15) is 12.0 Å². The summed E-state index contributed by atoms with van der Waals surface area (Å²) in [6, 6.07) is 1.24. The number of hydrogen-bond donors (Lipinski definition) is 0. The number of carbonyl (C=O) groups excluding carboxylic acids is 1. The maximum Gasteiger partial charge on any atom is 0.342 e. The van der Waals surface area contributed by atoms with E-state index < -0.39 is 4.92 Å². The summed E-state index contributed by atoms with van der Waals surface area (Å²) in [6.45, 7) is 4.15. The van der Waals surface area contributed by atoms with Crippen molar-refractivity contribution in [1.82, 2.24) is 9.55 Å². The molecule has 138 valence electrons. The van der Waals surface area contributed by atoms with Gasteiger partial charge in [-0.3, -0.25) is 4.79 Å². The highest BCUT2D eigenvalue weighted by Crippen LogP contribution is 2.39. The Kier molecular flexibility index (Phi) is 4.95. The van der Waals surface area contributed by atoms with Crippen LogP contribution in [0.2, 0.25) is 5.02 Å². The normalized spacial score (nSPS) is 13.2. The predicted molar refractivity (Wildman–Crippen MR) is 95.1 cm³/mol. The number of benzene rings is 1. The van der Waals surface area contributed by atoms with Gasteiger partial charge < -0.3 is 15.0 Å². The fraction of sp³-hybridized carbons (Fsp3) is 0.412. The Labute approximate surface area is 154 Å². The lowest BCUT2D eigenvalue weighted by atomic mass is 10.1. The largest absolute Gasteiger partial charge is 0.358 e. The van der Waals surface area contributed by atoms with Crippen LogP contribution in [0.25, 0.3) is 0 Å². The molecule has 1 aliphatic rings. The standard InChI is InChI=1S/C17H18ClFN4O3/c1-10-12-5-7-22(17(12)13(18)8-14(10)19)16(24)4-3-6-21-11(2)20-9-15(21)23(25)26/h8-9H,3-7H2,1-2H3.